The standard InChI is InChI=1S/C15H21NO7S/c1-12-2-4-14(5-3-12)24(19,20)23-11-13(17)10-22-15(18)16-6-8-21-9-7-16/h2-5,13,17H,6-11H2,1H3. The smallest absolute Gasteiger partial charge is 0.410 e. The van der Waals surface area contributed by atoms with Crippen LogP contribution in [0.25, 0.3) is 0 Å². The van der Waals surface area contributed by atoms with Gasteiger partial charge in [0.2, 0.25) is 0 Å². The van der Waals surface area contributed by atoms with Crippen molar-refractivity contribution in [1.82, 2.24) is 4.90 Å². The lowest BCUT2D eigenvalue weighted by Crippen LogP contribution is -2.42. The molecule has 0 aromatic heterocycles. The molecule has 0 spiro atoms. The van der Waals surface area contributed by atoms with E-state index in [4.69, 9.17) is 13.7 Å². The van der Waals surface area contributed by atoms with Gasteiger partial charge in [0.15, 0.2) is 0 Å². The van der Waals surface area contributed by atoms with Crippen molar-refractivity contribution in [2.24, 2.45) is 0 Å². The number of aliphatic hydroxyl groups is 1. The Morgan fingerprint density at radius 2 is 1.88 bits per heavy atom. The monoisotopic (exact) mass is 359 g/mol. The molecule has 1 saturated heterocycles. The van der Waals surface area contributed by atoms with Crippen molar-refractivity contribution < 1.29 is 32.0 Å². The van der Waals surface area contributed by atoms with E-state index in [0.717, 1.165) is 5.56 Å². The molecule has 9 heteroatoms. The van der Waals surface area contributed by atoms with Gasteiger partial charge >= 0.3 is 6.09 Å². The van der Waals surface area contributed by atoms with Crippen LogP contribution in [-0.2, 0) is 23.8 Å². The van der Waals surface area contributed by atoms with Crippen molar-refractivity contribution in [3.63, 3.8) is 0 Å². The number of benzene rings is 1. The highest BCUT2D eigenvalue weighted by molar-refractivity contribution is 7.86. The number of carbonyl (C=O) groups is 1. The summed E-state index contributed by atoms with van der Waals surface area (Å²) in [5.74, 6) is 0. The van der Waals surface area contributed by atoms with Crippen molar-refractivity contribution in [3.8, 4) is 0 Å². The average Bonchev–Trinajstić information content (AvgIpc) is 2.59. The van der Waals surface area contributed by atoms with Gasteiger partial charge in [-0.1, -0.05) is 17.7 Å². The van der Waals surface area contributed by atoms with Gasteiger partial charge in [0.25, 0.3) is 10.1 Å². The normalized spacial score (nSPS) is 16.7. The van der Waals surface area contributed by atoms with E-state index in [0.29, 0.717) is 26.3 Å². The fraction of sp³-hybridized carbons (Fsp3) is 0.533. The summed E-state index contributed by atoms with van der Waals surface area (Å²) in [6, 6.07) is 6.15. The zero-order chi connectivity index (χ0) is 17.6. The second-order valence-corrected chi connectivity index (χ2v) is 7.00. The number of nitrogens with zero attached hydrogens (tertiary/aromatic N) is 1. The minimum absolute atomic E-state index is 0.00520. The fourth-order valence-corrected chi connectivity index (χ4v) is 2.94. The summed E-state index contributed by atoms with van der Waals surface area (Å²) < 4.78 is 38.8. The first-order valence-corrected chi connectivity index (χ1v) is 8.93. The summed E-state index contributed by atoms with van der Waals surface area (Å²) in [6.07, 6.45) is -1.81. The highest BCUT2D eigenvalue weighted by Gasteiger charge is 2.21. The minimum atomic E-state index is -3.96. The van der Waals surface area contributed by atoms with Crippen molar-refractivity contribution in [3.05, 3.63) is 29.8 Å². The summed E-state index contributed by atoms with van der Waals surface area (Å²) in [4.78, 5) is 13.2. The molecule has 0 radical (unpaired) electrons. The molecule has 1 aliphatic heterocycles. The summed E-state index contributed by atoms with van der Waals surface area (Å²) >= 11 is 0. The molecular formula is C15H21NO7S. The van der Waals surface area contributed by atoms with E-state index < -0.39 is 28.9 Å². The molecule has 1 aliphatic rings. The number of aliphatic hydroxyl groups excluding tert-OH is 1. The highest BCUT2D eigenvalue weighted by Crippen LogP contribution is 2.13. The molecule has 2 rings (SSSR count). The van der Waals surface area contributed by atoms with Crippen molar-refractivity contribution in [1.29, 1.82) is 0 Å². The van der Waals surface area contributed by atoms with Crippen LogP contribution in [0.1, 0.15) is 5.56 Å². The third kappa shape index (κ3) is 5.45. The van der Waals surface area contributed by atoms with Crippen LogP contribution in [0.3, 0.4) is 0 Å². The van der Waals surface area contributed by atoms with Gasteiger partial charge in [0.1, 0.15) is 12.7 Å². The summed E-state index contributed by atoms with van der Waals surface area (Å²) in [5, 5.41) is 9.74. The van der Waals surface area contributed by atoms with Crippen LogP contribution in [0.2, 0.25) is 0 Å². The molecule has 0 aliphatic carbocycles. The summed E-state index contributed by atoms with van der Waals surface area (Å²) in [5.41, 5.74) is 0.920. The Hall–Kier alpha value is -1.68. The number of rotatable bonds is 6. The highest BCUT2D eigenvalue weighted by atomic mass is 32.2. The molecule has 8 nitrogen and oxygen atoms in total. The summed E-state index contributed by atoms with van der Waals surface area (Å²) in [7, 11) is -3.96. The van der Waals surface area contributed by atoms with Crippen molar-refractivity contribution in [2.45, 2.75) is 17.9 Å². The Morgan fingerprint density at radius 3 is 2.50 bits per heavy atom. The Kier molecular flexibility index (Phi) is 6.55. The second-order valence-electron chi connectivity index (χ2n) is 5.38. The van der Waals surface area contributed by atoms with Crippen LogP contribution in [0, 0.1) is 6.92 Å². The van der Waals surface area contributed by atoms with Gasteiger partial charge in [-0.25, -0.2) is 4.79 Å². The first kappa shape index (κ1) is 18.7. The molecule has 1 unspecified atom stereocenters. The lowest BCUT2D eigenvalue weighted by atomic mass is 10.2. The fourth-order valence-electron chi connectivity index (χ4n) is 1.99. The van der Waals surface area contributed by atoms with E-state index >= 15 is 0 Å². The Morgan fingerprint density at radius 1 is 1.25 bits per heavy atom. The number of hydrogen-bond donors (Lipinski definition) is 1. The van der Waals surface area contributed by atoms with Crippen LogP contribution in [0.15, 0.2) is 29.2 Å². The SMILES string of the molecule is Cc1ccc(S(=O)(=O)OCC(O)COC(=O)N2CCOCC2)cc1. The maximum atomic E-state index is 12.0. The molecule has 1 fully saturated rings. The number of hydrogen-bond acceptors (Lipinski definition) is 7. The van der Waals surface area contributed by atoms with Gasteiger partial charge < -0.3 is 19.5 Å². The summed E-state index contributed by atoms with van der Waals surface area (Å²) in [6.45, 7) is 2.72. The van der Waals surface area contributed by atoms with E-state index in [-0.39, 0.29) is 11.5 Å². The van der Waals surface area contributed by atoms with Crippen LogP contribution in [0.5, 0.6) is 0 Å². The predicted molar refractivity (Wildman–Crippen MR) is 84.1 cm³/mol. The van der Waals surface area contributed by atoms with Gasteiger partial charge in [-0.3, -0.25) is 4.18 Å². The van der Waals surface area contributed by atoms with E-state index in [1.165, 1.54) is 17.0 Å². The van der Waals surface area contributed by atoms with Crippen LogP contribution < -0.4 is 0 Å². The second kappa shape index (κ2) is 8.43. The molecule has 134 valence electrons. The van der Waals surface area contributed by atoms with E-state index in [2.05, 4.69) is 0 Å². The number of morpholine rings is 1. The zero-order valence-corrected chi connectivity index (χ0v) is 14.2. The third-order valence-corrected chi connectivity index (χ3v) is 4.69. The molecule has 24 heavy (non-hydrogen) atoms. The maximum Gasteiger partial charge on any atom is 0.410 e. The van der Waals surface area contributed by atoms with Crippen molar-refractivity contribution in [2.75, 3.05) is 39.5 Å². The molecule has 1 aromatic carbocycles. The number of ether oxygens (including phenoxy) is 2. The number of amides is 1. The molecule has 1 heterocycles. The largest absolute Gasteiger partial charge is 0.447 e. The minimum Gasteiger partial charge on any atom is -0.447 e. The van der Waals surface area contributed by atoms with Gasteiger partial charge in [-0.2, -0.15) is 8.42 Å². The number of carbonyl (C=O) groups excluding carboxylic acids is 1. The van der Waals surface area contributed by atoms with E-state index in [9.17, 15) is 18.3 Å². The Bertz CT molecular complexity index is 638. The Labute approximate surface area is 141 Å². The molecule has 1 N–H and O–H groups in total. The number of aryl methyl sites for hydroxylation is 1. The van der Waals surface area contributed by atoms with Gasteiger partial charge in [0, 0.05) is 13.1 Å². The molecular weight excluding hydrogens is 338 g/mol. The lowest BCUT2D eigenvalue weighted by molar-refractivity contribution is 0.00281. The van der Waals surface area contributed by atoms with E-state index in [1.807, 2.05) is 6.92 Å². The van der Waals surface area contributed by atoms with Crippen LogP contribution in [0.4, 0.5) is 4.79 Å². The lowest BCUT2D eigenvalue weighted by Gasteiger charge is -2.26. The topological polar surface area (TPSA) is 102 Å². The van der Waals surface area contributed by atoms with Gasteiger partial charge in [0.05, 0.1) is 24.7 Å². The zero-order valence-electron chi connectivity index (χ0n) is 13.4. The molecule has 0 saturated carbocycles. The van der Waals surface area contributed by atoms with Gasteiger partial charge in [-0.15, -0.1) is 0 Å². The molecule has 1 amide bonds. The first-order valence-electron chi connectivity index (χ1n) is 7.52. The molecule has 1 aromatic rings. The van der Waals surface area contributed by atoms with Crippen LogP contribution >= 0.6 is 0 Å². The first-order chi connectivity index (χ1) is 11.4. The quantitative estimate of drug-likeness (QED) is 0.739. The van der Waals surface area contributed by atoms with Crippen LogP contribution in [-0.4, -0.2) is 70.1 Å². The maximum absolute atomic E-state index is 12.0. The predicted octanol–water partition coefficient (Wildman–Crippen LogP) is 0.530. The molecule has 0 bridgehead atoms. The average molecular weight is 359 g/mol. The van der Waals surface area contributed by atoms with Crippen molar-refractivity contribution >= 4 is 16.2 Å². The van der Waals surface area contributed by atoms with E-state index in [1.54, 1.807) is 12.1 Å². The molecule has 1 atom stereocenters. The van der Waals surface area contributed by atoms with Gasteiger partial charge in [-0.05, 0) is 19.1 Å². The third-order valence-electron chi connectivity index (χ3n) is 3.39. The Balaban J connectivity index is 1.76.